The molecule has 0 aliphatic heterocycles. The second-order valence-corrected chi connectivity index (χ2v) is 8.78. The zero-order valence-corrected chi connectivity index (χ0v) is 18.2. The van der Waals surface area contributed by atoms with Crippen molar-refractivity contribution in [3.05, 3.63) is 82.7 Å². The van der Waals surface area contributed by atoms with Crippen molar-refractivity contribution in [2.75, 3.05) is 0 Å². The lowest BCUT2D eigenvalue weighted by molar-refractivity contribution is -0.142. The molecule has 0 amide bonds. The van der Waals surface area contributed by atoms with Crippen LogP contribution in [0.15, 0.2) is 66.0 Å². The van der Waals surface area contributed by atoms with E-state index in [1.54, 1.807) is 12.1 Å². The van der Waals surface area contributed by atoms with Crippen molar-refractivity contribution in [2.45, 2.75) is 19.3 Å². The Morgan fingerprint density at radius 1 is 0.706 bits per heavy atom. The van der Waals surface area contributed by atoms with Crippen molar-refractivity contribution in [3.63, 3.8) is 0 Å². The zero-order valence-electron chi connectivity index (χ0n) is 17.4. The van der Waals surface area contributed by atoms with Crippen LogP contribution in [0.1, 0.15) is 16.7 Å². The number of rotatable bonds is 2. The van der Waals surface area contributed by atoms with Crippen LogP contribution in [0.25, 0.3) is 43.4 Å². The maximum atomic E-state index is 14.0. The summed E-state index contributed by atoms with van der Waals surface area (Å²) in [5, 5.41) is 12.8. The molecule has 9 heteroatoms. The molecule has 2 heterocycles. The molecular formula is C25H14F6N2S. The first-order chi connectivity index (χ1) is 16.0. The van der Waals surface area contributed by atoms with E-state index in [2.05, 4.69) is 10.2 Å². The molecule has 5 rings (SSSR count). The lowest BCUT2D eigenvalue weighted by Gasteiger charge is -2.19. The van der Waals surface area contributed by atoms with Crippen molar-refractivity contribution in [1.82, 2.24) is 10.2 Å². The zero-order chi connectivity index (χ0) is 24.3. The molecule has 2 aromatic heterocycles. The van der Waals surface area contributed by atoms with Crippen molar-refractivity contribution >= 4 is 32.9 Å². The predicted molar refractivity (Wildman–Crippen MR) is 121 cm³/mol. The maximum absolute atomic E-state index is 14.0. The molecule has 0 saturated heterocycles. The molecule has 2 nitrogen and oxygen atoms in total. The van der Waals surface area contributed by atoms with Gasteiger partial charge in [0.2, 0.25) is 0 Å². The third-order valence-electron chi connectivity index (χ3n) is 5.61. The highest BCUT2D eigenvalue weighted by Gasteiger charge is 2.40. The molecule has 0 N–H and O–H groups in total. The lowest BCUT2D eigenvalue weighted by atomic mass is 9.91. The molecule has 0 fully saturated rings. The fraction of sp³-hybridized carbons (Fsp3) is 0.120. The normalized spacial score (nSPS) is 12.6. The van der Waals surface area contributed by atoms with E-state index >= 15 is 0 Å². The van der Waals surface area contributed by atoms with E-state index in [1.807, 2.05) is 41.8 Å². The minimum absolute atomic E-state index is 0.111. The summed E-state index contributed by atoms with van der Waals surface area (Å²) in [7, 11) is 0. The van der Waals surface area contributed by atoms with Gasteiger partial charge in [0.1, 0.15) is 11.4 Å². The van der Waals surface area contributed by atoms with Gasteiger partial charge < -0.3 is 0 Å². The summed E-state index contributed by atoms with van der Waals surface area (Å²) >= 11 is 1.41. The topological polar surface area (TPSA) is 25.8 Å². The number of aryl methyl sites for hydroxylation is 1. The Bertz CT molecular complexity index is 1540. The predicted octanol–water partition coefficient (Wildman–Crippen LogP) is 8.52. The lowest BCUT2D eigenvalue weighted by Crippen LogP contribution is -2.14. The summed E-state index contributed by atoms with van der Waals surface area (Å²) in [6.45, 7) is 1.22. The number of halogens is 6. The van der Waals surface area contributed by atoms with E-state index in [-0.39, 0.29) is 17.3 Å². The first-order valence-corrected chi connectivity index (χ1v) is 10.9. The molecule has 0 aliphatic carbocycles. The summed E-state index contributed by atoms with van der Waals surface area (Å²) in [5.41, 5.74) is -2.97. The number of alkyl halides is 6. The first-order valence-electron chi connectivity index (χ1n) is 10.1. The highest BCUT2D eigenvalue weighted by molar-refractivity contribution is 7.13. The van der Waals surface area contributed by atoms with Crippen molar-refractivity contribution in [1.29, 1.82) is 0 Å². The van der Waals surface area contributed by atoms with Crippen LogP contribution in [0.5, 0.6) is 0 Å². The minimum Gasteiger partial charge on any atom is -0.166 e. The molecule has 0 spiro atoms. The van der Waals surface area contributed by atoms with Gasteiger partial charge in [-0.3, -0.25) is 0 Å². The second-order valence-electron chi connectivity index (χ2n) is 7.83. The quantitative estimate of drug-likeness (QED) is 0.184. The molecule has 0 radical (unpaired) electrons. The van der Waals surface area contributed by atoms with Gasteiger partial charge in [0.05, 0.1) is 16.0 Å². The Hall–Kier alpha value is -3.46. The Morgan fingerprint density at radius 2 is 1.32 bits per heavy atom. The van der Waals surface area contributed by atoms with Gasteiger partial charge in [-0.2, -0.15) is 26.3 Å². The van der Waals surface area contributed by atoms with Crippen LogP contribution >= 0.6 is 11.3 Å². The Balaban J connectivity index is 1.90. The van der Waals surface area contributed by atoms with Crippen molar-refractivity contribution in [2.24, 2.45) is 0 Å². The Morgan fingerprint density at radius 3 is 1.88 bits per heavy atom. The number of thiophene rings is 1. The SMILES string of the molecule is Cc1cc(C(F)(F)F)cc(C(F)(F)F)c1-c1nnc(-c2cccs2)c2cc3ccccc3cc12. The van der Waals surface area contributed by atoms with Crippen LogP contribution in [-0.2, 0) is 12.4 Å². The maximum Gasteiger partial charge on any atom is 0.417 e. The van der Waals surface area contributed by atoms with Gasteiger partial charge in [-0.25, -0.2) is 0 Å². The summed E-state index contributed by atoms with van der Waals surface area (Å²) in [6, 6.07) is 15.4. The fourth-order valence-corrected chi connectivity index (χ4v) is 4.83. The third-order valence-corrected chi connectivity index (χ3v) is 6.48. The van der Waals surface area contributed by atoms with E-state index in [0.717, 1.165) is 15.6 Å². The number of hydrogen-bond donors (Lipinski definition) is 0. The molecule has 0 unspecified atom stereocenters. The van der Waals surface area contributed by atoms with E-state index in [1.165, 1.54) is 18.3 Å². The second kappa shape index (κ2) is 7.80. The summed E-state index contributed by atoms with van der Waals surface area (Å²) in [5.74, 6) is 0. The molecule has 172 valence electrons. The van der Waals surface area contributed by atoms with E-state index in [0.29, 0.717) is 22.5 Å². The molecule has 0 saturated carbocycles. The molecule has 34 heavy (non-hydrogen) atoms. The van der Waals surface area contributed by atoms with Gasteiger partial charge >= 0.3 is 12.4 Å². The van der Waals surface area contributed by atoms with Crippen LogP contribution in [0.2, 0.25) is 0 Å². The number of hydrogen-bond acceptors (Lipinski definition) is 3. The average Bonchev–Trinajstić information content (AvgIpc) is 3.30. The molecule has 3 aromatic carbocycles. The first kappa shape index (κ1) is 22.3. The van der Waals surface area contributed by atoms with Gasteiger partial charge in [-0.15, -0.1) is 21.5 Å². The number of aromatic nitrogens is 2. The molecular weight excluding hydrogens is 474 g/mol. The number of nitrogens with zero attached hydrogens (tertiary/aromatic N) is 2. The Labute approximate surface area is 193 Å². The van der Waals surface area contributed by atoms with E-state index < -0.39 is 29.0 Å². The van der Waals surface area contributed by atoms with Crippen LogP contribution in [0, 0.1) is 6.92 Å². The van der Waals surface area contributed by atoms with Gasteiger partial charge in [0, 0.05) is 16.3 Å². The monoisotopic (exact) mass is 488 g/mol. The smallest absolute Gasteiger partial charge is 0.166 e. The van der Waals surface area contributed by atoms with Gasteiger partial charge in [0.25, 0.3) is 0 Å². The summed E-state index contributed by atoms with van der Waals surface area (Å²) in [4.78, 5) is 0.777. The van der Waals surface area contributed by atoms with Gasteiger partial charge in [-0.1, -0.05) is 30.3 Å². The summed E-state index contributed by atoms with van der Waals surface area (Å²) in [6.07, 6.45) is -9.95. The number of fused-ring (bicyclic) bond motifs is 2. The van der Waals surface area contributed by atoms with E-state index in [4.69, 9.17) is 0 Å². The highest BCUT2D eigenvalue weighted by atomic mass is 32.1. The molecule has 5 aromatic rings. The fourth-order valence-electron chi connectivity index (χ4n) is 4.11. The largest absolute Gasteiger partial charge is 0.417 e. The Kier molecular flexibility index (Phi) is 5.12. The van der Waals surface area contributed by atoms with Crippen LogP contribution < -0.4 is 0 Å². The molecule has 0 aliphatic rings. The minimum atomic E-state index is -5.03. The molecule has 0 atom stereocenters. The highest BCUT2D eigenvalue weighted by Crippen LogP contribution is 2.45. The van der Waals surface area contributed by atoms with E-state index in [9.17, 15) is 26.3 Å². The standard InChI is InChI=1S/C25H14F6N2S/c1-13-9-16(24(26,27)28)12-19(25(29,30)31)21(13)23-18-11-15-6-3-2-5-14(15)10-17(18)22(32-33-23)20-7-4-8-34-20/h2-12H,1H3. The van der Waals surface area contributed by atoms with Crippen LogP contribution in [0.3, 0.4) is 0 Å². The van der Waals surface area contributed by atoms with Gasteiger partial charge in [-0.05, 0) is 59.0 Å². The van der Waals surface area contributed by atoms with Crippen LogP contribution in [0.4, 0.5) is 26.3 Å². The van der Waals surface area contributed by atoms with Crippen molar-refractivity contribution in [3.8, 4) is 21.8 Å². The van der Waals surface area contributed by atoms with Gasteiger partial charge in [0.15, 0.2) is 0 Å². The number of benzene rings is 3. The van der Waals surface area contributed by atoms with Crippen molar-refractivity contribution < 1.29 is 26.3 Å². The van der Waals surface area contributed by atoms with Crippen LogP contribution in [-0.4, -0.2) is 10.2 Å². The average molecular weight is 488 g/mol. The summed E-state index contributed by atoms with van der Waals surface area (Å²) < 4.78 is 82.0. The third kappa shape index (κ3) is 3.79. The molecule has 0 bridgehead atoms.